The van der Waals surface area contributed by atoms with Crippen LogP contribution in [-0.4, -0.2) is 29.1 Å². The molecule has 0 aromatic heterocycles. The smallest absolute Gasteiger partial charge is 0.326 e. The summed E-state index contributed by atoms with van der Waals surface area (Å²) in [5, 5.41) is 13.3. The summed E-state index contributed by atoms with van der Waals surface area (Å²) in [4.78, 5) is 33.2. The van der Waals surface area contributed by atoms with Gasteiger partial charge in [0, 0.05) is 6.42 Å². The molecule has 0 aliphatic heterocycles. The van der Waals surface area contributed by atoms with Crippen molar-refractivity contribution in [3.05, 3.63) is 29.6 Å². The molecule has 8 heteroatoms. The number of primary amides is 1. The summed E-state index contributed by atoms with van der Waals surface area (Å²) in [6, 6.07) is 2.03. The highest BCUT2D eigenvalue weighted by atomic mass is 19.1. The number of aryl methyl sites for hydroxylation is 1. The van der Waals surface area contributed by atoms with Crippen molar-refractivity contribution in [2.75, 3.05) is 5.32 Å². The molecule has 7 nitrogen and oxygen atoms in total. The van der Waals surface area contributed by atoms with Crippen molar-refractivity contribution < 1.29 is 23.9 Å². The van der Waals surface area contributed by atoms with Crippen LogP contribution in [0.1, 0.15) is 18.4 Å². The average molecular weight is 297 g/mol. The molecule has 0 saturated carbocycles. The first-order chi connectivity index (χ1) is 9.79. The van der Waals surface area contributed by atoms with Gasteiger partial charge in [0.2, 0.25) is 5.91 Å². The fourth-order valence-corrected chi connectivity index (χ4v) is 1.58. The monoisotopic (exact) mass is 297 g/mol. The summed E-state index contributed by atoms with van der Waals surface area (Å²) < 4.78 is 13.5. The number of benzene rings is 1. The number of halogens is 1. The fourth-order valence-electron chi connectivity index (χ4n) is 1.58. The van der Waals surface area contributed by atoms with E-state index in [4.69, 9.17) is 10.8 Å². The van der Waals surface area contributed by atoms with Crippen LogP contribution in [0.4, 0.5) is 14.9 Å². The Bertz CT molecular complexity index is 562. The molecule has 0 bridgehead atoms. The Morgan fingerprint density at radius 1 is 1.38 bits per heavy atom. The van der Waals surface area contributed by atoms with Gasteiger partial charge in [-0.25, -0.2) is 14.0 Å². The lowest BCUT2D eigenvalue weighted by Gasteiger charge is -2.14. The van der Waals surface area contributed by atoms with Gasteiger partial charge in [-0.2, -0.15) is 0 Å². The number of carbonyl (C=O) groups is 3. The van der Waals surface area contributed by atoms with Crippen LogP contribution in [0, 0.1) is 12.7 Å². The van der Waals surface area contributed by atoms with E-state index in [1.807, 2.05) is 0 Å². The van der Waals surface area contributed by atoms with Gasteiger partial charge in [0.05, 0.1) is 5.69 Å². The number of carboxylic acids is 1. The minimum Gasteiger partial charge on any atom is -0.480 e. The quantitative estimate of drug-likeness (QED) is 0.625. The van der Waals surface area contributed by atoms with E-state index in [0.29, 0.717) is 5.56 Å². The second kappa shape index (κ2) is 7.22. The summed E-state index contributed by atoms with van der Waals surface area (Å²) in [5.41, 5.74) is 5.53. The van der Waals surface area contributed by atoms with Crippen LogP contribution in [0.15, 0.2) is 18.2 Å². The van der Waals surface area contributed by atoms with Crippen molar-refractivity contribution in [3.63, 3.8) is 0 Å². The molecule has 3 amide bonds. The third kappa shape index (κ3) is 5.47. The van der Waals surface area contributed by atoms with Gasteiger partial charge in [-0.1, -0.05) is 6.07 Å². The topological polar surface area (TPSA) is 122 Å². The number of hydrogen-bond acceptors (Lipinski definition) is 3. The first-order valence-corrected chi connectivity index (χ1v) is 6.14. The van der Waals surface area contributed by atoms with Crippen LogP contribution in [-0.2, 0) is 9.59 Å². The van der Waals surface area contributed by atoms with E-state index in [2.05, 4.69) is 10.6 Å². The third-order valence-corrected chi connectivity index (χ3v) is 2.66. The zero-order chi connectivity index (χ0) is 16.0. The van der Waals surface area contributed by atoms with Crippen LogP contribution in [0.5, 0.6) is 0 Å². The number of carbonyl (C=O) groups excluding carboxylic acids is 2. The number of carboxylic acid groups (broad SMARTS) is 1. The van der Waals surface area contributed by atoms with E-state index in [-0.39, 0.29) is 18.5 Å². The Kier molecular flexibility index (Phi) is 5.65. The lowest BCUT2D eigenvalue weighted by Crippen LogP contribution is -2.43. The van der Waals surface area contributed by atoms with Gasteiger partial charge in [-0.15, -0.1) is 0 Å². The van der Waals surface area contributed by atoms with Crippen molar-refractivity contribution in [2.24, 2.45) is 5.73 Å². The van der Waals surface area contributed by atoms with Gasteiger partial charge in [-0.05, 0) is 31.0 Å². The molecule has 21 heavy (non-hydrogen) atoms. The van der Waals surface area contributed by atoms with Gasteiger partial charge in [-0.3, -0.25) is 4.79 Å². The van der Waals surface area contributed by atoms with Gasteiger partial charge in [0.15, 0.2) is 0 Å². The number of rotatable bonds is 6. The molecule has 1 rings (SSSR count). The second-order valence-electron chi connectivity index (χ2n) is 4.48. The first-order valence-electron chi connectivity index (χ1n) is 6.14. The molecule has 1 atom stereocenters. The maximum absolute atomic E-state index is 13.5. The summed E-state index contributed by atoms with van der Waals surface area (Å²) in [6.45, 7) is 1.69. The highest BCUT2D eigenvalue weighted by Crippen LogP contribution is 2.15. The van der Waals surface area contributed by atoms with Crippen molar-refractivity contribution in [1.29, 1.82) is 0 Å². The Labute approximate surface area is 120 Å². The average Bonchev–Trinajstić information content (AvgIpc) is 2.37. The lowest BCUT2D eigenvalue weighted by molar-refractivity contribution is -0.139. The Morgan fingerprint density at radius 2 is 2.05 bits per heavy atom. The highest BCUT2D eigenvalue weighted by Gasteiger charge is 2.20. The second-order valence-corrected chi connectivity index (χ2v) is 4.48. The van der Waals surface area contributed by atoms with Gasteiger partial charge in [0.25, 0.3) is 0 Å². The van der Waals surface area contributed by atoms with Crippen LogP contribution in [0.3, 0.4) is 0 Å². The number of amides is 3. The maximum atomic E-state index is 13.5. The number of anilines is 1. The molecule has 0 fully saturated rings. The molecular weight excluding hydrogens is 281 g/mol. The van der Waals surface area contributed by atoms with Crippen LogP contribution < -0.4 is 16.4 Å². The van der Waals surface area contributed by atoms with Crippen LogP contribution >= 0.6 is 0 Å². The molecule has 0 aliphatic carbocycles. The van der Waals surface area contributed by atoms with Crippen molar-refractivity contribution in [2.45, 2.75) is 25.8 Å². The predicted octanol–water partition coefficient (Wildman–Crippen LogP) is 0.974. The van der Waals surface area contributed by atoms with E-state index >= 15 is 0 Å². The summed E-state index contributed by atoms with van der Waals surface area (Å²) >= 11 is 0. The Hall–Kier alpha value is -2.64. The molecular formula is C13H16FN3O4. The normalized spacial score (nSPS) is 11.5. The van der Waals surface area contributed by atoms with Gasteiger partial charge in [0.1, 0.15) is 11.9 Å². The van der Waals surface area contributed by atoms with E-state index in [1.54, 1.807) is 13.0 Å². The van der Waals surface area contributed by atoms with Crippen LogP contribution in [0.25, 0.3) is 0 Å². The maximum Gasteiger partial charge on any atom is 0.326 e. The number of urea groups is 1. The summed E-state index contributed by atoms with van der Waals surface area (Å²) in [5.74, 6) is -2.61. The number of nitrogens with one attached hydrogen (secondary N) is 2. The van der Waals surface area contributed by atoms with Crippen molar-refractivity contribution >= 4 is 23.6 Å². The number of nitrogens with two attached hydrogens (primary N) is 1. The third-order valence-electron chi connectivity index (χ3n) is 2.66. The van der Waals surface area contributed by atoms with Crippen molar-refractivity contribution in [1.82, 2.24) is 5.32 Å². The molecule has 0 saturated heterocycles. The molecule has 0 spiro atoms. The molecule has 1 unspecified atom stereocenters. The molecule has 0 aliphatic rings. The summed E-state index contributed by atoms with van der Waals surface area (Å²) in [6.07, 6.45) is -0.329. The SMILES string of the molecule is Cc1ccc(NC(=O)NC(CCC(N)=O)C(=O)O)c(F)c1. The van der Waals surface area contributed by atoms with Crippen molar-refractivity contribution in [3.8, 4) is 0 Å². The van der Waals surface area contributed by atoms with E-state index in [0.717, 1.165) is 0 Å². The largest absolute Gasteiger partial charge is 0.480 e. The zero-order valence-electron chi connectivity index (χ0n) is 11.4. The Balaban J connectivity index is 2.65. The highest BCUT2D eigenvalue weighted by molar-refractivity contribution is 5.92. The standard InChI is InChI=1S/C13H16FN3O4/c1-7-2-3-9(8(14)6-7)16-13(21)17-10(12(19)20)4-5-11(15)18/h2-3,6,10H,4-5H2,1H3,(H2,15,18)(H,19,20)(H2,16,17,21). The molecule has 0 heterocycles. The van der Waals surface area contributed by atoms with E-state index < -0.39 is 29.8 Å². The lowest BCUT2D eigenvalue weighted by atomic mass is 10.1. The van der Waals surface area contributed by atoms with Gasteiger partial charge < -0.3 is 21.5 Å². The molecule has 5 N–H and O–H groups in total. The molecule has 0 radical (unpaired) electrons. The summed E-state index contributed by atoms with van der Waals surface area (Å²) in [7, 11) is 0. The molecule has 1 aromatic rings. The Morgan fingerprint density at radius 3 is 2.57 bits per heavy atom. The zero-order valence-corrected chi connectivity index (χ0v) is 11.4. The van der Waals surface area contributed by atoms with E-state index in [1.165, 1.54) is 12.1 Å². The van der Waals surface area contributed by atoms with Crippen LogP contribution in [0.2, 0.25) is 0 Å². The van der Waals surface area contributed by atoms with E-state index in [9.17, 15) is 18.8 Å². The minimum absolute atomic E-state index is 0.0721. The number of aliphatic carboxylic acids is 1. The number of hydrogen-bond donors (Lipinski definition) is 4. The van der Waals surface area contributed by atoms with Gasteiger partial charge >= 0.3 is 12.0 Å². The predicted molar refractivity (Wildman–Crippen MR) is 73.1 cm³/mol. The fraction of sp³-hybridized carbons (Fsp3) is 0.308. The molecule has 114 valence electrons. The first kappa shape index (κ1) is 16.4. The minimum atomic E-state index is -1.31. The molecule has 1 aromatic carbocycles.